The average molecular weight is 261 g/mol. The first-order valence-electron chi connectivity index (χ1n) is 5.55. The van der Waals surface area contributed by atoms with Crippen molar-refractivity contribution in [1.82, 2.24) is 5.32 Å². The van der Waals surface area contributed by atoms with Crippen LogP contribution in [-0.4, -0.2) is 63.6 Å². The van der Waals surface area contributed by atoms with Crippen molar-refractivity contribution in [3.63, 3.8) is 0 Å². The summed E-state index contributed by atoms with van der Waals surface area (Å²) in [6.45, 7) is 1.05. The van der Waals surface area contributed by atoms with E-state index in [0.717, 1.165) is 0 Å². The maximum atomic E-state index is 11.3. The van der Waals surface area contributed by atoms with Crippen LogP contribution in [0.15, 0.2) is 12.2 Å². The molecule has 0 radical (unpaired) electrons. The Morgan fingerprint density at radius 1 is 1.28 bits per heavy atom. The summed E-state index contributed by atoms with van der Waals surface area (Å²) in [7, 11) is 0. The molecule has 0 saturated carbocycles. The van der Waals surface area contributed by atoms with E-state index in [9.17, 15) is 19.8 Å². The molecule has 1 amide bonds. The Morgan fingerprint density at radius 2 is 1.89 bits per heavy atom. The van der Waals surface area contributed by atoms with E-state index in [-0.39, 0.29) is 6.29 Å². The molecule has 104 valence electrons. The van der Waals surface area contributed by atoms with Crippen LogP contribution in [0.25, 0.3) is 0 Å². The van der Waals surface area contributed by atoms with Crippen molar-refractivity contribution in [2.45, 2.75) is 37.7 Å². The van der Waals surface area contributed by atoms with Gasteiger partial charge >= 0.3 is 0 Å². The van der Waals surface area contributed by atoms with Gasteiger partial charge < -0.3 is 30.5 Å². The molecule has 7 heteroatoms. The molecule has 0 bridgehead atoms. The second kappa shape index (κ2) is 8.76. The van der Waals surface area contributed by atoms with Crippen LogP contribution in [0.5, 0.6) is 0 Å². The van der Waals surface area contributed by atoms with Crippen LogP contribution in [-0.2, 0) is 9.59 Å². The second-order valence-corrected chi connectivity index (χ2v) is 3.71. The summed E-state index contributed by atoms with van der Waals surface area (Å²) in [4.78, 5) is 22.0. The van der Waals surface area contributed by atoms with Gasteiger partial charge in [0.15, 0.2) is 0 Å². The molecule has 0 spiro atoms. The van der Waals surface area contributed by atoms with Crippen LogP contribution in [0.3, 0.4) is 0 Å². The normalized spacial score (nSPS) is 18.1. The fourth-order valence-electron chi connectivity index (χ4n) is 1.19. The minimum atomic E-state index is -1.74. The van der Waals surface area contributed by atoms with Crippen LogP contribution in [0, 0.1) is 0 Å². The summed E-state index contributed by atoms with van der Waals surface area (Å²) >= 11 is 0. The number of allylic oxidation sites excluding steroid dienone is 1. The third-order valence-corrected chi connectivity index (χ3v) is 2.26. The van der Waals surface area contributed by atoms with Crippen molar-refractivity contribution >= 4 is 12.2 Å². The molecule has 0 aliphatic rings. The smallest absolute Gasteiger partial charge is 0.244 e. The summed E-state index contributed by atoms with van der Waals surface area (Å²) in [5.41, 5.74) is 0. The number of carbonyl (C=O) groups excluding carboxylic acids is 2. The number of aliphatic hydroxyl groups excluding tert-OH is 4. The van der Waals surface area contributed by atoms with E-state index in [1.54, 1.807) is 6.08 Å². The molecular formula is C11H19NO6. The van der Waals surface area contributed by atoms with Crippen molar-refractivity contribution < 1.29 is 30.0 Å². The minimum Gasteiger partial charge on any atom is -0.394 e. The first-order chi connectivity index (χ1) is 8.47. The van der Waals surface area contributed by atoms with Gasteiger partial charge in [-0.1, -0.05) is 13.0 Å². The third-order valence-electron chi connectivity index (χ3n) is 2.26. The van der Waals surface area contributed by atoms with Gasteiger partial charge in [0.2, 0.25) is 5.91 Å². The van der Waals surface area contributed by atoms with Gasteiger partial charge in [0, 0.05) is 0 Å². The molecular weight excluding hydrogens is 242 g/mol. The summed E-state index contributed by atoms with van der Waals surface area (Å²) < 4.78 is 0. The Morgan fingerprint density at radius 3 is 2.33 bits per heavy atom. The van der Waals surface area contributed by atoms with Crippen molar-refractivity contribution in [2.24, 2.45) is 0 Å². The van der Waals surface area contributed by atoms with Crippen molar-refractivity contribution in [3.05, 3.63) is 12.2 Å². The maximum absolute atomic E-state index is 11.3. The van der Waals surface area contributed by atoms with E-state index in [1.807, 2.05) is 6.92 Å². The van der Waals surface area contributed by atoms with E-state index in [4.69, 9.17) is 10.2 Å². The van der Waals surface area contributed by atoms with Crippen LogP contribution in [0.2, 0.25) is 0 Å². The van der Waals surface area contributed by atoms with E-state index in [0.29, 0.717) is 6.42 Å². The lowest BCUT2D eigenvalue weighted by Gasteiger charge is -2.25. The lowest BCUT2D eigenvalue weighted by atomic mass is 10.0. The summed E-state index contributed by atoms with van der Waals surface area (Å²) in [5.74, 6) is -0.598. The van der Waals surface area contributed by atoms with Crippen molar-refractivity contribution in [2.75, 3.05) is 6.61 Å². The van der Waals surface area contributed by atoms with Crippen LogP contribution in [0.1, 0.15) is 13.3 Å². The standard InChI is InChI=1S/C11H19NO6/c1-2-3-4-9(16)12-7(5-13)10(17)11(18)8(15)6-14/h3-5,7-8,10-11,14-15,17-18H,2,6H2,1H3,(H,12,16)/t7-,8+,10+,11+/m0/s1. The van der Waals surface area contributed by atoms with E-state index >= 15 is 0 Å². The Bertz CT molecular complexity index is 293. The molecule has 0 saturated heterocycles. The first-order valence-corrected chi connectivity index (χ1v) is 5.55. The van der Waals surface area contributed by atoms with Crippen LogP contribution in [0.4, 0.5) is 0 Å². The van der Waals surface area contributed by atoms with Crippen LogP contribution < -0.4 is 5.32 Å². The molecule has 0 aromatic rings. The van der Waals surface area contributed by atoms with E-state index < -0.39 is 36.9 Å². The predicted octanol–water partition coefficient (Wildman–Crippen LogP) is -2.29. The number of hydrogen-bond acceptors (Lipinski definition) is 6. The zero-order valence-corrected chi connectivity index (χ0v) is 10.1. The van der Waals surface area contributed by atoms with Gasteiger partial charge in [-0.25, -0.2) is 0 Å². The maximum Gasteiger partial charge on any atom is 0.244 e. The highest BCUT2D eigenvalue weighted by Gasteiger charge is 2.31. The number of rotatable bonds is 8. The Balaban J connectivity index is 4.53. The van der Waals surface area contributed by atoms with E-state index in [2.05, 4.69) is 5.32 Å². The molecule has 4 atom stereocenters. The number of aliphatic hydroxyl groups is 4. The second-order valence-electron chi connectivity index (χ2n) is 3.71. The molecule has 0 aliphatic heterocycles. The molecule has 0 aromatic carbocycles. The number of carbonyl (C=O) groups is 2. The SMILES string of the molecule is CCC=CC(=O)N[C@@H](C=O)[C@@H](O)[C@H](O)[C@H](O)CO. The van der Waals surface area contributed by atoms with Crippen molar-refractivity contribution in [3.8, 4) is 0 Å². The molecule has 0 fully saturated rings. The van der Waals surface area contributed by atoms with Gasteiger partial charge in [0.05, 0.1) is 6.61 Å². The molecule has 0 rings (SSSR count). The number of aldehydes is 1. The fraction of sp³-hybridized carbons (Fsp3) is 0.636. The zero-order valence-electron chi connectivity index (χ0n) is 10.1. The van der Waals surface area contributed by atoms with Gasteiger partial charge in [0.1, 0.15) is 30.6 Å². The van der Waals surface area contributed by atoms with Gasteiger partial charge in [-0.3, -0.25) is 4.79 Å². The minimum absolute atomic E-state index is 0.246. The molecule has 7 nitrogen and oxygen atoms in total. The first kappa shape index (κ1) is 16.7. The molecule has 0 heterocycles. The Labute approximate surface area is 105 Å². The van der Waals surface area contributed by atoms with E-state index in [1.165, 1.54) is 6.08 Å². The monoisotopic (exact) mass is 261 g/mol. The predicted molar refractivity (Wildman–Crippen MR) is 62.5 cm³/mol. The van der Waals surface area contributed by atoms with Gasteiger partial charge in [-0.05, 0) is 12.5 Å². The number of amides is 1. The largest absolute Gasteiger partial charge is 0.394 e. The van der Waals surface area contributed by atoms with Crippen LogP contribution >= 0.6 is 0 Å². The van der Waals surface area contributed by atoms with Crippen molar-refractivity contribution in [1.29, 1.82) is 0 Å². The highest BCUT2D eigenvalue weighted by atomic mass is 16.4. The third kappa shape index (κ3) is 5.37. The Hall–Kier alpha value is -1.28. The molecule has 18 heavy (non-hydrogen) atoms. The zero-order chi connectivity index (χ0) is 14.1. The summed E-state index contributed by atoms with van der Waals surface area (Å²) in [6, 6.07) is -1.37. The highest BCUT2D eigenvalue weighted by Crippen LogP contribution is 2.04. The molecule has 5 N–H and O–H groups in total. The average Bonchev–Trinajstić information content (AvgIpc) is 2.39. The molecule has 0 unspecified atom stereocenters. The fourth-order valence-corrected chi connectivity index (χ4v) is 1.19. The Kier molecular flexibility index (Phi) is 8.14. The van der Waals surface area contributed by atoms with Gasteiger partial charge in [-0.2, -0.15) is 0 Å². The summed E-state index contributed by atoms with van der Waals surface area (Å²) in [5, 5.41) is 38.8. The topological polar surface area (TPSA) is 127 Å². The highest BCUT2D eigenvalue weighted by molar-refractivity contribution is 5.89. The molecule has 0 aliphatic carbocycles. The quantitative estimate of drug-likeness (QED) is 0.247. The lowest BCUT2D eigenvalue weighted by molar-refractivity contribution is -0.128. The molecule has 0 aromatic heterocycles. The summed E-state index contributed by atoms with van der Waals surface area (Å²) in [6.07, 6.45) is -1.40. The number of hydrogen-bond donors (Lipinski definition) is 5. The van der Waals surface area contributed by atoms with Gasteiger partial charge in [-0.15, -0.1) is 0 Å². The van der Waals surface area contributed by atoms with Gasteiger partial charge in [0.25, 0.3) is 0 Å². The lowest BCUT2D eigenvalue weighted by Crippen LogP contribution is -2.53. The number of nitrogens with one attached hydrogen (secondary N) is 1.